The summed E-state index contributed by atoms with van der Waals surface area (Å²) in [7, 11) is 1.58. The number of aromatic nitrogens is 2. The summed E-state index contributed by atoms with van der Waals surface area (Å²) in [5, 5.41) is 13.1. The van der Waals surface area contributed by atoms with E-state index in [1.807, 2.05) is 0 Å². The number of rotatable bonds is 7. The van der Waals surface area contributed by atoms with E-state index in [0.29, 0.717) is 37.0 Å². The average Bonchev–Trinajstić information content (AvgIpc) is 2.34. The Balaban J connectivity index is 2.64. The highest BCUT2D eigenvalue weighted by Crippen LogP contribution is 2.21. The third kappa shape index (κ3) is 6.14. The molecule has 1 aromatic rings. The van der Waals surface area contributed by atoms with Crippen LogP contribution in [0.1, 0.15) is 33.0 Å². The van der Waals surface area contributed by atoms with Crippen LogP contribution in [0.25, 0.3) is 0 Å². The first-order chi connectivity index (χ1) is 9.34. The van der Waals surface area contributed by atoms with Crippen molar-refractivity contribution in [3.8, 4) is 0 Å². The van der Waals surface area contributed by atoms with E-state index in [1.165, 1.54) is 0 Å². The number of nitrogen functional groups attached to an aromatic ring is 1. The molecule has 0 fully saturated rings. The number of nitrogens with zero attached hydrogens (tertiary/aromatic N) is 2. The van der Waals surface area contributed by atoms with Gasteiger partial charge in [-0.3, -0.25) is 0 Å². The Morgan fingerprint density at radius 2 is 2.00 bits per heavy atom. The van der Waals surface area contributed by atoms with Gasteiger partial charge < -0.3 is 20.6 Å². The number of nitrogens with one attached hydrogen (secondary N) is 2. The van der Waals surface area contributed by atoms with Crippen molar-refractivity contribution in [1.29, 1.82) is 0 Å². The van der Waals surface area contributed by atoms with E-state index in [9.17, 15) is 5.11 Å². The fourth-order valence-electron chi connectivity index (χ4n) is 1.86. The fourth-order valence-corrected chi connectivity index (χ4v) is 1.86. The van der Waals surface area contributed by atoms with Gasteiger partial charge in [0.2, 0.25) is 0 Å². The zero-order chi connectivity index (χ0) is 15.2. The molecule has 1 heterocycles. The minimum atomic E-state index is -0.440. The molecule has 1 unspecified atom stereocenters. The van der Waals surface area contributed by atoms with Crippen molar-refractivity contribution in [1.82, 2.24) is 9.97 Å². The number of nitrogens with two attached hydrogens (primary N) is 1. The highest BCUT2D eigenvalue weighted by molar-refractivity contribution is 5.46. The van der Waals surface area contributed by atoms with Crippen molar-refractivity contribution in [3.05, 3.63) is 11.9 Å². The van der Waals surface area contributed by atoms with Gasteiger partial charge in [0, 0.05) is 19.7 Å². The van der Waals surface area contributed by atoms with Gasteiger partial charge in [0.1, 0.15) is 18.2 Å². The molecule has 0 aliphatic carbocycles. The fraction of sp³-hybridized carbons (Fsp3) is 0.692. The number of hydrogen-bond donors (Lipinski definition) is 4. The van der Waals surface area contributed by atoms with Gasteiger partial charge in [-0.1, -0.05) is 20.8 Å². The number of hydrogen-bond acceptors (Lipinski definition) is 7. The summed E-state index contributed by atoms with van der Waals surface area (Å²) in [6.07, 6.45) is 0.267. The number of aliphatic hydroxyl groups excluding tert-OH is 1. The zero-order valence-electron chi connectivity index (χ0n) is 12.6. The summed E-state index contributed by atoms with van der Waals surface area (Å²) < 4.78 is 5.00. The van der Waals surface area contributed by atoms with Crippen LogP contribution in [-0.2, 0) is 11.3 Å². The van der Waals surface area contributed by atoms with Gasteiger partial charge in [-0.05, 0) is 11.8 Å². The van der Waals surface area contributed by atoms with Crippen molar-refractivity contribution in [2.24, 2.45) is 11.3 Å². The molecule has 1 atom stereocenters. The Morgan fingerprint density at radius 3 is 2.55 bits per heavy atom. The van der Waals surface area contributed by atoms with Gasteiger partial charge in [0.05, 0.1) is 6.10 Å². The third-order valence-electron chi connectivity index (χ3n) is 2.56. The zero-order valence-corrected chi connectivity index (χ0v) is 12.6. The van der Waals surface area contributed by atoms with E-state index in [0.717, 1.165) is 0 Å². The molecule has 1 rings (SSSR count). The molecule has 20 heavy (non-hydrogen) atoms. The van der Waals surface area contributed by atoms with Crippen LogP contribution in [0, 0.1) is 5.41 Å². The normalized spacial score (nSPS) is 13.1. The van der Waals surface area contributed by atoms with Gasteiger partial charge in [0.15, 0.2) is 5.82 Å². The minimum Gasteiger partial charge on any atom is -0.391 e. The predicted molar refractivity (Wildman–Crippen MR) is 79.1 cm³/mol. The van der Waals surface area contributed by atoms with Gasteiger partial charge in [-0.25, -0.2) is 15.8 Å². The molecule has 5 N–H and O–H groups in total. The summed E-state index contributed by atoms with van der Waals surface area (Å²) in [6.45, 7) is 7.00. The molecule has 0 spiro atoms. The van der Waals surface area contributed by atoms with Crippen LogP contribution in [0.3, 0.4) is 0 Å². The standard InChI is InChI=1S/C13H25N5O2/c1-13(2,3)6-9(19)7-15-10-5-11(18-14)17-12(16-10)8-20-4/h5,9,19H,6-8,14H2,1-4H3,(H2,15,16,17,18). The van der Waals surface area contributed by atoms with Crippen molar-refractivity contribution < 1.29 is 9.84 Å². The molecule has 0 aliphatic heterocycles. The molecule has 0 radical (unpaired) electrons. The number of anilines is 2. The van der Waals surface area contributed by atoms with Crippen LogP contribution >= 0.6 is 0 Å². The maximum atomic E-state index is 9.97. The van der Waals surface area contributed by atoms with Crippen LogP contribution in [-0.4, -0.2) is 34.8 Å². The Kier molecular flexibility index (Phi) is 6.12. The summed E-state index contributed by atoms with van der Waals surface area (Å²) in [6, 6.07) is 1.68. The maximum Gasteiger partial charge on any atom is 0.158 e. The van der Waals surface area contributed by atoms with Crippen molar-refractivity contribution in [2.45, 2.75) is 39.9 Å². The quantitative estimate of drug-likeness (QED) is 0.439. The topological polar surface area (TPSA) is 105 Å². The van der Waals surface area contributed by atoms with E-state index < -0.39 is 6.10 Å². The lowest BCUT2D eigenvalue weighted by atomic mass is 9.89. The number of ether oxygens (including phenoxy) is 1. The minimum absolute atomic E-state index is 0.0813. The Hall–Kier alpha value is -1.44. The van der Waals surface area contributed by atoms with Crippen LogP contribution < -0.4 is 16.6 Å². The predicted octanol–water partition coefficient (Wildman–Crippen LogP) is 1.12. The lowest BCUT2D eigenvalue weighted by molar-refractivity contribution is 0.132. The summed E-state index contributed by atoms with van der Waals surface area (Å²) in [5.41, 5.74) is 2.56. The lowest BCUT2D eigenvalue weighted by Gasteiger charge is -2.22. The lowest BCUT2D eigenvalue weighted by Crippen LogP contribution is -2.25. The molecule has 0 amide bonds. The first-order valence-electron chi connectivity index (χ1n) is 6.59. The largest absolute Gasteiger partial charge is 0.391 e. The second-order valence-electron chi connectivity index (χ2n) is 5.93. The van der Waals surface area contributed by atoms with E-state index >= 15 is 0 Å². The van der Waals surface area contributed by atoms with Crippen LogP contribution in [0.15, 0.2) is 6.07 Å². The number of methoxy groups -OCH3 is 1. The molecule has 0 aliphatic rings. The number of aliphatic hydroxyl groups is 1. The van der Waals surface area contributed by atoms with E-state index in [2.05, 4.69) is 41.5 Å². The smallest absolute Gasteiger partial charge is 0.158 e. The molecule has 0 saturated heterocycles. The van der Waals surface area contributed by atoms with Crippen molar-refractivity contribution in [2.75, 3.05) is 24.4 Å². The van der Waals surface area contributed by atoms with Crippen LogP contribution in [0.2, 0.25) is 0 Å². The first-order valence-corrected chi connectivity index (χ1v) is 6.59. The highest BCUT2D eigenvalue weighted by Gasteiger charge is 2.16. The van der Waals surface area contributed by atoms with Crippen molar-refractivity contribution >= 4 is 11.6 Å². The molecule has 0 saturated carbocycles. The van der Waals surface area contributed by atoms with Crippen LogP contribution in [0.4, 0.5) is 11.6 Å². The molecule has 7 heteroatoms. The van der Waals surface area contributed by atoms with Gasteiger partial charge >= 0.3 is 0 Å². The Labute approximate surface area is 119 Å². The molecule has 1 aromatic heterocycles. The monoisotopic (exact) mass is 283 g/mol. The molecule has 7 nitrogen and oxygen atoms in total. The van der Waals surface area contributed by atoms with Gasteiger partial charge in [0.25, 0.3) is 0 Å². The Morgan fingerprint density at radius 1 is 1.35 bits per heavy atom. The Bertz CT molecular complexity index is 420. The van der Waals surface area contributed by atoms with Gasteiger partial charge in [-0.15, -0.1) is 0 Å². The summed E-state index contributed by atoms with van der Waals surface area (Å²) in [5.74, 6) is 6.99. The molecular weight excluding hydrogens is 258 g/mol. The average molecular weight is 283 g/mol. The molecule has 0 aromatic carbocycles. The second-order valence-corrected chi connectivity index (χ2v) is 5.93. The van der Waals surface area contributed by atoms with E-state index in [1.54, 1.807) is 13.2 Å². The summed E-state index contributed by atoms with van der Waals surface area (Å²) >= 11 is 0. The maximum absolute atomic E-state index is 9.97. The van der Waals surface area contributed by atoms with E-state index in [4.69, 9.17) is 10.6 Å². The molecule has 0 bridgehead atoms. The first kappa shape index (κ1) is 16.6. The third-order valence-corrected chi connectivity index (χ3v) is 2.56. The summed E-state index contributed by atoms with van der Waals surface area (Å²) in [4.78, 5) is 8.44. The molecular formula is C13H25N5O2. The molecule has 114 valence electrons. The van der Waals surface area contributed by atoms with Crippen LogP contribution in [0.5, 0.6) is 0 Å². The van der Waals surface area contributed by atoms with Crippen molar-refractivity contribution in [3.63, 3.8) is 0 Å². The van der Waals surface area contributed by atoms with Gasteiger partial charge in [-0.2, -0.15) is 0 Å². The number of hydrazine groups is 1. The second kappa shape index (κ2) is 7.37. The SMILES string of the molecule is COCc1nc(NN)cc(NCC(O)CC(C)(C)C)n1. The van der Waals surface area contributed by atoms with E-state index in [-0.39, 0.29) is 5.41 Å². The highest BCUT2D eigenvalue weighted by atomic mass is 16.5.